The van der Waals surface area contributed by atoms with Gasteiger partial charge in [-0.15, -0.1) is 0 Å². The van der Waals surface area contributed by atoms with Gasteiger partial charge in [-0.1, -0.05) is 0 Å². The third-order valence-corrected chi connectivity index (χ3v) is 1.39. The first kappa shape index (κ1) is 9.60. The van der Waals surface area contributed by atoms with Crippen molar-refractivity contribution < 1.29 is 9.90 Å². The Kier molecular flexibility index (Phi) is 3.33. The molecule has 0 spiro atoms. The van der Waals surface area contributed by atoms with E-state index in [2.05, 4.69) is 15.3 Å². The van der Waals surface area contributed by atoms with E-state index in [4.69, 9.17) is 5.11 Å². The van der Waals surface area contributed by atoms with Crippen LogP contribution in [0, 0.1) is 0 Å². The van der Waals surface area contributed by atoms with Crippen LogP contribution in [-0.4, -0.2) is 36.2 Å². The third kappa shape index (κ3) is 2.22. The molecule has 2 aliphatic rings. The lowest BCUT2D eigenvalue weighted by molar-refractivity contribution is -0.113. The minimum absolute atomic E-state index is 0.124. The number of aliphatic hydroxyl groups excluding tert-OH is 1. The van der Waals surface area contributed by atoms with Gasteiger partial charge in [-0.25, -0.2) is 0 Å². The SMILES string of the molecule is CCO.O=C1NC=C2C=NCN=C12. The van der Waals surface area contributed by atoms with Crippen LogP contribution in [0.3, 0.4) is 0 Å². The lowest BCUT2D eigenvalue weighted by atomic mass is 10.2. The highest BCUT2D eigenvalue weighted by atomic mass is 16.2. The predicted molar refractivity (Wildman–Crippen MR) is 49.8 cm³/mol. The third-order valence-electron chi connectivity index (χ3n) is 1.39. The maximum Gasteiger partial charge on any atom is 0.274 e. The van der Waals surface area contributed by atoms with Crippen molar-refractivity contribution in [1.82, 2.24) is 5.32 Å². The van der Waals surface area contributed by atoms with E-state index < -0.39 is 0 Å². The molecule has 0 saturated carbocycles. The average Bonchev–Trinajstić information content (AvgIpc) is 2.50. The molecule has 0 aromatic carbocycles. The minimum Gasteiger partial charge on any atom is -0.397 e. The molecule has 1 amide bonds. The van der Waals surface area contributed by atoms with Gasteiger partial charge in [0, 0.05) is 24.6 Å². The lowest BCUT2D eigenvalue weighted by Crippen LogP contribution is -2.21. The van der Waals surface area contributed by atoms with Gasteiger partial charge < -0.3 is 10.4 Å². The number of nitrogens with zero attached hydrogens (tertiary/aromatic N) is 2. The first-order valence-electron chi connectivity index (χ1n) is 3.96. The molecule has 0 aromatic rings. The normalized spacial score (nSPS) is 17.8. The highest BCUT2D eigenvalue weighted by molar-refractivity contribution is 6.52. The monoisotopic (exact) mass is 181 g/mol. The number of carbonyl (C=O) groups excluding carboxylic acids is 1. The number of hydrogen-bond acceptors (Lipinski definition) is 4. The molecule has 5 nitrogen and oxygen atoms in total. The van der Waals surface area contributed by atoms with Crippen LogP contribution >= 0.6 is 0 Å². The summed E-state index contributed by atoms with van der Waals surface area (Å²) in [5.74, 6) is -0.124. The van der Waals surface area contributed by atoms with Gasteiger partial charge in [0.25, 0.3) is 5.91 Å². The number of nitrogens with one attached hydrogen (secondary N) is 1. The van der Waals surface area contributed by atoms with Crippen molar-refractivity contribution in [3.63, 3.8) is 0 Å². The van der Waals surface area contributed by atoms with E-state index in [1.54, 1.807) is 19.3 Å². The summed E-state index contributed by atoms with van der Waals surface area (Å²) < 4.78 is 0. The molecule has 0 fully saturated rings. The summed E-state index contributed by atoms with van der Waals surface area (Å²) in [6, 6.07) is 0. The van der Waals surface area contributed by atoms with E-state index in [9.17, 15) is 4.79 Å². The smallest absolute Gasteiger partial charge is 0.274 e. The predicted octanol–water partition coefficient (Wildman–Crippen LogP) is -0.518. The summed E-state index contributed by atoms with van der Waals surface area (Å²) in [5.41, 5.74) is 1.30. The van der Waals surface area contributed by atoms with E-state index >= 15 is 0 Å². The Morgan fingerprint density at radius 1 is 1.69 bits per heavy atom. The summed E-state index contributed by atoms with van der Waals surface area (Å²) in [7, 11) is 0. The molecule has 2 N–H and O–H groups in total. The maximum absolute atomic E-state index is 10.9. The van der Waals surface area contributed by atoms with Crippen LogP contribution in [0.4, 0.5) is 0 Å². The molecular weight excluding hydrogens is 170 g/mol. The van der Waals surface area contributed by atoms with Crippen LogP contribution in [0.5, 0.6) is 0 Å². The summed E-state index contributed by atoms with van der Waals surface area (Å²) in [4.78, 5) is 18.6. The van der Waals surface area contributed by atoms with Crippen LogP contribution in [0.1, 0.15) is 6.92 Å². The van der Waals surface area contributed by atoms with Crippen LogP contribution in [-0.2, 0) is 4.79 Å². The summed E-state index contributed by atoms with van der Waals surface area (Å²) in [6.45, 7) is 2.31. The molecule has 0 saturated heterocycles. The highest BCUT2D eigenvalue weighted by Crippen LogP contribution is 2.05. The van der Waals surface area contributed by atoms with Gasteiger partial charge in [-0.3, -0.25) is 14.8 Å². The topological polar surface area (TPSA) is 74.0 Å². The van der Waals surface area contributed by atoms with Crippen molar-refractivity contribution in [2.24, 2.45) is 9.98 Å². The first-order valence-corrected chi connectivity index (χ1v) is 3.96. The molecule has 0 unspecified atom stereocenters. The number of amides is 1. The summed E-state index contributed by atoms with van der Waals surface area (Å²) in [6.07, 6.45) is 3.27. The first-order chi connectivity index (χ1) is 6.29. The van der Waals surface area contributed by atoms with Crippen LogP contribution < -0.4 is 5.32 Å². The molecule has 0 bridgehead atoms. The zero-order valence-electron chi connectivity index (χ0n) is 7.32. The number of aliphatic hydroxyl groups is 1. The van der Waals surface area contributed by atoms with Gasteiger partial charge in [0.05, 0.1) is 0 Å². The van der Waals surface area contributed by atoms with Crippen LogP contribution in [0.15, 0.2) is 21.8 Å². The molecule has 0 aromatic heterocycles. The number of rotatable bonds is 0. The second kappa shape index (κ2) is 4.51. The Hall–Kier alpha value is -1.49. The molecule has 2 heterocycles. The van der Waals surface area contributed by atoms with Crippen molar-refractivity contribution in [1.29, 1.82) is 0 Å². The Labute approximate surface area is 75.9 Å². The van der Waals surface area contributed by atoms with Gasteiger partial charge in [0.15, 0.2) is 0 Å². The van der Waals surface area contributed by atoms with E-state index in [1.165, 1.54) is 0 Å². The van der Waals surface area contributed by atoms with Gasteiger partial charge >= 0.3 is 0 Å². The molecule has 0 atom stereocenters. The number of fused-ring (bicyclic) bond motifs is 1. The second-order valence-electron chi connectivity index (χ2n) is 2.35. The number of carbonyl (C=O) groups is 1. The number of aliphatic imine (C=N–C) groups is 2. The van der Waals surface area contributed by atoms with Crippen LogP contribution in [0.2, 0.25) is 0 Å². The van der Waals surface area contributed by atoms with E-state index in [1.807, 2.05) is 0 Å². The van der Waals surface area contributed by atoms with Crippen molar-refractivity contribution in [2.45, 2.75) is 6.92 Å². The van der Waals surface area contributed by atoms with Crippen molar-refractivity contribution >= 4 is 17.8 Å². The number of hydrogen-bond donors (Lipinski definition) is 2. The summed E-state index contributed by atoms with van der Waals surface area (Å²) >= 11 is 0. The second-order valence-corrected chi connectivity index (χ2v) is 2.35. The van der Waals surface area contributed by atoms with E-state index in [-0.39, 0.29) is 12.5 Å². The highest BCUT2D eigenvalue weighted by Gasteiger charge is 2.21. The Balaban J connectivity index is 0.000000251. The van der Waals surface area contributed by atoms with E-state index in [0.29, 0.717) is 12.4 Å². The van der Waals surface area contributed by atoms with Gasteiger partial charge in [-0.2, -0.15) is 0 Å². The van der Waals surface area contributed by atoms with Crippen LogP contribution in [0.25, 0.3) is 0 Å². The molecule has 5 heteroatoms. The quantitative estimate of drug-likeness (QED) is 0.527. The van der Waals surface area contributed by atoms with Gasteiger partial charge in [-0.05, 0) is 6.92 Å². The fourth-order valence-electron chi connectivity index (χ4n) is 0.923. The van der Waals surface area contributed by atoms with Gasteiger partial charge in [0.1, 0.15) is 12.4 Å². The summed E-state index contributed by atoms with van der Waals surface area (Å²) in [5, 5.41) is 10.1. The molecule has 70 valence electrons. The van der Waals surface area contributed by atoms with Crippen molar-refractivity contribution in [3.05, 3.63) is 11.8 Å². The van der Waals surface area contributed by atoms with Crippen molar-refractivity contribution in [2.75, 3.05) is 13.3 Å². The Bertz CT molecular complexity index is 292. The zero-order valence-corrected chi connectivity index (χ0v) is 7.32. The Morgan fingerprint density at radius 2 is 2.38 bits per heavy atom. The zero-order chi connectivity index (χ0) is 9.68. The molecular formula is C8H11N3O2. The Morgan fingerprint density at radius 3 is 3.00 bits per heavy atom. The molecule has 0 aliphatic carbocycles. The van der Waals surface area contributed by atoms with Crippen molar-refractivity contribution in [3.8, 4) is 0 Å². The largest absolute Gasteiger partial charge is 0.397 e. The van der Waals surface area contributed by atoms with Gasteiger partial charge in [0.2, 0.25) is 0 Å². The van der Waals surface area contributed by atoms with E-state index in [0.717, 1.165) is 5.57 Å². The molecule has 13 heavy (non-hydrogen) atoms. The standard InChI is InChI=1S/C6H5N3O.C2H6O/c10-6-5-4(2-8-6)1-7-3-9-5;1-2-3/h1-2H,3H2,(H,8,10);3H,2H2,1H3. The maximum atomic E-state index is 10.9. The molecule has 2 rings (SSSR count). The molecule has 0 radical (unpaired) electrons. The lowest BCUT2D eigenvalue weighted by Gasteiger charge is -1.99. The fraction of sp³-hybridized carbons (Fsp3) is 0.375. The molecule has 2 aliphatic heterocycles. The average molecular weight is 181 g/mol. The minimum atomic E-state index is -0.124. The fourth-order valence-corrected chi connectivity index (χ4v) is 0.923.